The van der Waals surface area contributed by atoms with Gasteiger partial charge in [-0.05, 0) is 18.9 Å². The molecule has 1 aromatic rings. The van der Waals surface area contributed by atoms with Crippen molar-refractivity contribution in [2.75, 3.05) is 40.0 Å². The molecule has 0 aromatic carbocycles. The first-order valence-electron chi connectivity index (χ1n) is 7.46. The molecule has 1 fully saturated rings. The van der Waals surface area contributed by atoms with Crippen LogP contribution in [0.4, 0.5) is 0 Å². The van der Waals surface area contributed by atoms with Crippen molar-refractivity contribution in [1.82, 2.24) is 20.8 Å². The van der Waals surface area contributed by atoms with Crippen LogP contribution in [0.1, 0.15) is 18.5 Å². The smallest absolute Gasteiger partial charge is 0.191 e. The minimum Gasteiger partial charge on any atom is -0.381 e. The maximum atomic E-state index is 5.66. The van der Waals surface area contributed by atoms with E-state index in [1.54, 1.807) is 13.2 Å². The Morgan fingerprint density at radius 2 is 2.52 bits per heavy atom. The summed E-state index contributed by atoms with van der Waals surface area (Å²) in [6.07, 6.45) is 3.82. The molecule has 0 spiro atoms. The fraction of sp³-hybridized carbons (Fsp3) is 0.714. The highest BCUT2D eigenvalue weighted by molar-refractivity contribution is 5.79. The van der Waals surface area contributed by atoms with Crippen molar-refractivity contribution >= 4 is 5.96 Å². The fourth-order valence-corrected chi connectivity index (χ4v) is 2.13. The molecule has 21 heavy (non-hydrogen) atoms. The monoisotopic (exact) mass is 295 g/mol. The summed E-state index contributed by atoms with van der Waals surface area (Å²) >= 11 is 0. The molecule has 0 radical (unpaired) electrons. The van der Waals surface area contributed by atoms with Crippen molar-refractivity contribution in [2.45, 2.75) is 19.4 Å². The number of nitrogens with one attached hydrogen (secondary N) is 3. The van der Waals surface area contributed by atoms with Gasteiger partial charge in [0.05, 0.1) is 25.5 Å². The lowest BCUT2D eigenvalue weighted by Gasteiger charge is -2.12. The van der Waals surface area contributed by atoms with Crippen LogP contribution in [-0.4, -0.2) is 56.2 Å². The zero-order valence-electron chi connectivity index (χ0n) is 12.6. The van der Waals surface area contributed by atoms with E-state index in [9.17, 15) is 0 Å². The molecule has 1 saturated heterocycles. The first-order chi connectivity index (χ1) is 10.4. The molecule has 1 aliphatic rings. The summed E-state index contributed by atoms with van der Waals surface area (Å²) in [5, 5.41) is 13.3. The summed E-state index contributed by atoms with van der Waals surface area (Å²) < 4.78 is 11.0. The first-order valence-corrected chi connectivity index (χ1v) is 7.46. The molecule has 1 aromatic heterocycles. The van der Waals surface area contributed by atoms with E-state index in [1.165, 1.54) is 0 Å². The molecule has 7 nitrogen and oxygen atoms in total. The molecule has 3 N–H and O–H groups in total. The summed E-state index contributed by atoms with van der Waals surface area (Å²) in [5.74, 6) is 1.37. The number of aromatic nitrogens is 2. The molecule has 0 amide bonds. The molecule has 1 aliphatic heterocycles. The van der Waals surface area contributed by atoms with Gasteiger partial charge in [0.1, 0.15) is 0 Å². The van der Waals surface area contributed by atoms with Crippen LogP contribution in [0, 0.1) is 5.92 Å². The van der Waals surface area contributed by atoms with E-state index in [0.717, 1.165) is 57.5 Å². The maximum Gasteiger partial charge on any atom is 0.191 e. The van der Waals surface area contributed by atoms with Gasteiger partial charge < -0.3 is 20.1 Å². The van der Waals surface area contributed by atoms with E-state index in [4.69, 9.17) is 9.47 Å². The van der Waals surface area contributed by atoms with Gasteiger partial charge in [0.25, 0.3) is 0 Å². The van der Waals surface area contributed by atoms with Crippen LogP contribution in [0.2, 0.25) is 0 Å². The Kier molecular flexibility index (Phi) is 7.03. The van der Waals surface area contributed by atoms with E-state index in [1.807, 2.05) is 6.07 Å². The highest BCUT2D eigenvalue weighted by atomic mass is 16.5. The highest BCUT2D eigenvalue weighted by Gasteiger charge is 2.15. The van der Waals surface area contributed by atoms with E-state index in [0.29, 0.717) is 12.5 Å². The average Bonchev–Trinajstić information content (AvgIpc) is 3.19. The molecular formula is C14H25N5O2. The third-order valence-corrected chi connectivity index (χ3v) is 3.36. The van der Waals surface area contributed by atoms with Gasteiger partial charge in [-0.25, -0.2) is 0 Å². The lowest BCUT2D eigenvalue weighted by Crippen LogP contribution is -2.37. The highest BCUT2D eigenvalue weighted by Crippen LogP contribution is 2.12. The Morgan fingerprint density at radius 3 is 3.24 bits per heavy atom. The molecule has 0 bridgehead atoms. The summed E-state index contributed by atoms with van der Waals surface area (Å²) in [5.41, 5.74) is 1.03. The number of hydrogen-bond donors (Lipinski definition) is 3. The minimum atomic E-state index is 0.585. The summed E-state index contributed by atoms with van der Waals surface area (Å²) in [7, 11) is 1.76. The Morgan fingerprint density at radius 1 is 1.57 bits per heavy atom. The number of guanidine groups is 1. The number of aliphatic imine (C=N–C) groups is 1. The number of aromatic amines is 1. The second-order valence-electron chi connectivity index (χ2n) is 5.09. The Hall–Kier alpha value is -1.60. The molecule has 2 heterocycles. The zero-order chi connectivity index (χ0) is 14.8. The summed E-state index contributed by atoms with van der Waals surface area (Å²) in [4.78, 5) is 4.17. The van der Waals surface area contributed by atoms with Gasteiger partial charge in [-0.3, -0.25) is 10.1 Å². The number of H-pyrrole nitrogens is 1. The van der Waals surface area contributed by atoms with Gasteiger partial charge in [0, 0.05) is 38.9 Å². The van der Waals surface area contributed by atoms with Crippen molar-refractivity contribution in [1.29, 1.82) is 0 Å². The molecular weight excluding hydrogens is 270 g/mol. The standard InChI is InChI=1S/C14H25N5O2/c1-15-14(17-9-13-3-6-18-19-13)16-5-2-7-20-10-12-4-8-21-11-12/h3,6,12H,2,4-5,7-11H2,1H3,(H,18,19)(H2,15,16,17). The van der Waals surface area contributed by atoms with Gasteiger partial charge in [-0.1, -0.05) is 0 Å². The third-order valence-electron chi connectivity index (χ3n) is 3.36. The van der Waals surface area contributed by atoms with Crippen molar-refractivity contribution < 1.29 is 9.47 Å². The predicted molar refractivity (Wildman–Crippen MR) is 81.2 cm³/mol. The second-order valence-corrected chi connectivity index (χ2v) is 5.09. The van der Waals surface area contributed by atoms with E-state index in [2.05, 4.69) is 25.8 Å². The third kappa shape index (κ3) is 6.14. The van der Waals surface area contributed by atoms with Crippen LogP contribution in [-0.2, 0) is 16.0 Å². The Balaban J connectivity index is 1.48. The maximum absolute atomic E-state index is 5.66. The van der Waals surface area contributed by atoms with Crippen LogP contribution in [0.25, 0.3) is 0 Å². The lowest BCUT2D eigenvalue weighted by atomic mass is 10.1. The number of hydrogen-bond acceptors (Lipinski definition) is 4. The van der Waals surface area contributed by atoms with Gasteiger partial charge in [0.2, 0.25) is 0 Å². The van der Waals surface area contributed by atoms with E-state index < -0.39 is 0 Å². The van der Waals surface area contributed by atoms with Crippen molar-refractivity contribution in [3.05, 3.63) is 18.0 Å². The van der Waals surface area contributed by atoms with Crippen LogP contribution in [0.5, 0.6) is 0 Å². The molecule has 0 aliphatic carbocycles. The largest absolute Gasteiger partial charge is 0.381 e. The van der Waals surface area contributed by atoms with Gasteiger partial charge >= 0.3 is 0 Å². The van der Waals surface area contributed by atoms with Crippen LogP contribution in [0.3, 0.4) is 0 Å². The average molecular weight is 295 g/mol. The number of ether oxygens (including phenoxy) is 2. The molecule has 118 valence electrons. The Labute approximate surface area is 125 Å². The SMILES string of the molecule is CN=C(NCCCOCC1CCOC1)NCc1ccn[nH]1. The molecule has 2 rings (SSSR count). The minimum absolute atomic E-state index is 0.585. The Bertz CT molecular complexity index is 402. The van der Waals surface area contributed by atoms with Gasteiger partial charge in [-0.15, -0.1) is 0 Å². The van der Waals surface area contributed by atoms with Crippen LogP contribution >= 0.6 is 0 Å². The van der Waals surface area contributed by atoms with Gasteiger partial charge in [0.15, 0.2) is 5.96 Å². The molecule has 1 atom stereocenters. The molecule has 0 saturated carbocycles. The lowest BCUT2D eigenvalue weighted by molar-refractivity contribution is 0.0888. The number of rotatable bonds is 8. The summed E-state index contributed by atoms with van der Waals surface area (Å²) in [6.45, 7) is 4.83. The van der Waals surface area contributed by atoms with Crippen molar-refractivity contribution in [2.24, 2.45) is 10.9 Å². The van der Waals surface area contributed by atoms with Crippen molar-refractivity contribution in [3.8, 4) is 0 Å². The normalized spacial score (nSPS) is 18.9. The number of nitrogens with zero attached hydrogens (tertiary/aromatic N) is 2. The van der Waals surface area contributed by atoms with E-state index in [-0.39, 0.29) is 0 Å². The quantitative estimate of drug-likeness (QED) is 0.370. The first kappa shape index (κ1) is 15.8. The van der Waals surface area contributed by atoms with Crippen molar-refractivity contribution in [3.63, 3.8) is 0 Å². The zero-order valence-corrected chi connectivity index (χ0v) is 12.6. The predicted octanol–water partition coefficient (Wildman–Crippen LogP) is 0.518. The molecule has 7 heteroatoms. The molecule has 1 unspecified atom stereocenters. The second kappa shape index (κ2) is 9.36. The van der Waals surface area contributed by atoms with Gasteiger partial charge in [-0.2, -0.15) is 5.10 Å². The van der Waals surface area contributed by atoms with E-state index >= 15 is 0 Å². The summed E-state index contributed by atoms with van der Waals surface area (Å²) in [6, 6.07) is 1.93. The van der Waals surface area contributed by atoms with Crippen LogP contribution in [0.15, 0.2) is 17.3 Å². The fourth-order valence-electron chi connectivity index (χ4n) is 2.13. The topological polar surface area (TPSA) is 83.6 Å². The van der Waals surface area contributed by atoms with Crippen LogP contribution < -0.4 is 10.6 Å².